The zero-order chi connectivity index (χ0) is 33.6. The van der Waals surface area contributed by atoms with Crippen molar-refractivity contribution in [3.05, 3.63) is 12.2 Å². The standard InChI is InChI=1S/C37H64O6S4/c1-2-3-4-5-6-7-8-9-10-11-12-13-14-15-16-25-37(40)43-32(30-41-35(38)23-19-17-21-33-26-28-44-46-33)31-42-36(39)24-20-18-22-34-27-29-45-47-34/h9-10,32-34H,2-8,11-31H2,1H3/b10-9-. The molecule has 10 heteroatoms. The predicted octanol–water partition coefficient (Wildman–Crippen LogP) is 11.5. The van der Waals surface area contributed by atoms with Gasteiger partial charge < -0.3 is 14.2 Å². The third-order valence-electron chi connectivity index (χ3n) is 8.57. The third-order valence-corrected chi connectivity index (χ3v) is 14.6. The molecule has 0 amide bonds. The van der Waals surface area contributed by atoms with Crippen LogP contribution in [0.5, 0.6) is 0 Å². The fourth-order valence-electron chi connectivity index (χ4n) is 5.63. The Balaban J connectivity index is 1.58. The Morgan fingerprint density at radius 1 is 0.596 bits per heavy atom. The maximum Gasteiger partial charge on any atom is 0.306 e. The molecule has 2 aliphatic heterocycles. The maximum absolute atomic E-state index is 12.6. The first kappa shape index (κ1) is 42.7. The highest BCUT2D eigenvalue weighted by molar-refractivity contribution is 8.77. The van der Waals surface area contributed by atoms with Gasteiger partial charge in [0, 0.05) is 41.3 Å². The van der Waals surface area contributed by atoms with Gasteiger partial charge in [-0.3, -0.25) is 14.4 Å². The van der Waals surface area contributed by atoms with Crippen LogP contribution in [0, 0.1) is 0 Å². The van der Waals surface area contributed by atoms with Crippen LogP contribution in [-0.2, 0) is 28.6 Å². The molecule has 0 radical (unpaired) electrons. The van der Waals surface area contributed by atoms with E-state index in [0.717, 1.165) is 64.2 Å². The molecule has 0 aromatic carbocycles. The molecule has 6 nitrogen and oxygen atoms in total. The van der Waals surface area contributed by atoms with Crippen LogP contribution < -0.4 is 0 Å². The minimum atomic E-state index is -0.766. The van der Waals surface area contributed by atoms with Gasteiger partial charge in [-0.05, 0) is 70.6 Å². The Bertz CT molecular complexity index is 790. The quantitative estimate of drug-likeness (QED) is 0.0234. The normalized spacial score (nSPS) is 18.5. The molecule has 0 bridgehead atoms. The van der Waals surface area contributed by atoms with Crippen molar-refractivity contribution in [2.24, 2.45) is 0 Å². The Morgan fingerprint density at radius 3 is 1.53 bits per heavy atom. The maximum atomic E-state index is 12.6. The van der Waals surface area contributed by atoms with Gasteiger partial charge in [0.05, 0.1) is 0 Å². The first-order valence-corrected chi connectivity index (χ1v) is 23.6. The molecule has 0 aromatic rings. The van der Waals surface area contributed by atoms with Gasteiger partial charge in [0.2, 0.25) is 0 Å². The van der Waals surface area contributed by atoms with Crippen LogP contribution in [0.1, 0.15) is 161 Å². The van der Waals surface area contributed by atoms with Gasteiger partial charge in [0.15, 0.2) is 6.10 Å². The summed E-state index contributed by atoms with van der Waals surface area (Å²) in [5.41, 5.74) is 0. The van der Waals surface area contributed by atoms with Crippen molar-refractivity contribution in [1.82, 2.24) is 0 Å². The molecule has 0 N–H and O–H groups in total. The third kappa shape index (κ3) is 25.2. The summed E-state index contributed by atoms with van der Waals surface area (Å²) in [6.45, 7) is 2.11. The topological polar surface area (TPSA) is 78.9 Å². The Hall–Kier alpha value is -0.450. The lowest BCUT2D eigenvalue weighted by Crippen LogP contribution is -2.30. The largest absolute Gasteiger partial charge is 0.462 e. The molecule has 2 fully saturated rings. The lowest BCUT2D eigenvalue weighted by atomic mass is 10.1. The molecular weight excluding hydrogens is 669 g/mol. The van der Waals surface area contributed by atoms with E-state index in [2.05, 4.69) is 19.1 Å². The van der Waals surface area contributed by atoms with E-state index < -0.39 is 6.10 Å². The molecule has 2 heterocycles. The van der Waals surface area contributed by atoms with Gasteiger partial charge in [-0.25, -0.2) is 0 Å². The summed E-state index contributed by atoms with van der Waals surface area (Å²) in [5.74, 6) is 1.55. The summed E-state index contributed by atoms with van der Waals surface area (Å²) in [5, 5.41) is 1.41. The van der Waals surface area contributed by atoms with E-state index in [1.807, 2.05) is 43.2 Å². The number of carbonyl (C=O) groups is 3. The fraction of sp³-hybridized carbons (Fsp3) is 0.865. The second-order valence-corrected chi connectivity index (χ2v) is 18.5. The zero-order valence-electron chi connectivity index (χ0n) is 29.3. The monoisotopic (exact) mass is 732 g/mol. The van der Waals surface area contributed by atoms with Gasteiger partial charge in [0.1, 0.15) is 13.2 Å². The molecule has 2 atom stereocenters. The second kappa shape index (κ2) is 30.4. The minimum Gasteiger partial charge on any atom is -0.462 e. The average molecular weight is 733 g/mol. The summed E-state index contributed by atoms with van der Waals surface area (Å²) >= 11 is 0. The fourth-order valence-corrected chi connectivity index (χ4v) is 11.7. The van der Waals surface area contributed by atoms with Crippen LogP contribution in [0.2, 0.25) is 0 Å². The molecule has 0 saturated carbocycles. The molecule has 2 saturated heterocycles. The van der Waals surface area contributed by atoms with Gasteiger partial charge in [-0.1, -0.05) is 126 Å². The zero-order valence-corrected chi connectivity index (χ0v) is 32.5. The van der Waals surface area contributed by atoms with E-state index >= 15 is 0 Å². The predicted molar refractivity (Wildman–Crippen MR) is 205 cm³/mol. The van der Waals surface area contributed by atoms with Crippen molar-refractivity contribution in [3.63, 3.8) is 0 Å². The lowest BCUT2D eigenvalue weighted by molar-refractivity contribution is -0.167. The summed E-state index contributed by atoms with van der Waals surface area (Å²) in [6.07, 6.45) is 29.0. The number of ether oxygens (including phenoxy) is 3. The van der Waals surface area contributed by atoms with Crippen molar-refractivity contribution in [2.75, 3.05) is 24.7 Å². The van der Waals surface area contributed by atoms with E-state index in [0.29, 0.717) is 29.8 Å². The number of allylic oxidation sites excluding steroid dienone is 2. The van der Waals surface area contributed by atoms with Crippen LogP contribution >= 0.6 is 43.2 Å². The average Bonchev–Trinajstić information content (AvgIpc) is 3.79. The highest BCUT2D eigenvalue weighted by atomic mass is 33.1. The summed E-state index contributed by atoms with van der Waals surface area (Å²) < 4.78 is 16.6. The SMILES string of the molecule is CCCCCCCC/C=C\CCCCCCCC(=O)OC(COC(=O)CCCCC1CCSS1)COC(=O)CCCCC1CCSS1. The van der Waals surface area contributed by atoms with Gasteiger partial charge in [-0.15, -0.1) is 0 Å². The smallest absolute Gasteiger partial charge is 0.306 e. The van der Waals surface area contributed by atoms with Crippen molar-refractivity contribution >= 4 is 61.1 Å². The molecule has 2 unspecified atom stereocenters. The molecule has 2 rings (SSSR count). The summed E-state index contributed by atoms with van der Waals surface area (Å²) in [7, 11) is 7.80. The number of rotatable bonds is 30. The molecule has 272 valence electrons. The molecule has 0 aromatic heterocycles. The first-order chi connectivity index (χ1) is 23.1. The molecule has 0 spiro atoms. The van der Waals surface area contributed by atoms with Crippen molar-refractivity contribution in [3.8, 4) is 0 Å². The molecule has 47 heavy (non-hydrogen) atoms. The van der Waals surface area contributed by atoms with E-state index in [1.165, 1.54) is 82.1 Å². The van der Waals surface area contributed by atoms with E-state index in [-0.39, 0.29) is 31.1 Å². The number of carbonyl (C=O) groups excluding carboxylic acids is 3. The molecular formula is C37H64O6S4. The highest BCUT2D eigenvalue weighted by Crippen LogP contribution is 2.40. The van der Waals surface area contributed by atoms with Crippen molar-refractivity contribution in [2.45, 2.75) is 178 Å². The van der Waals surface area contributed by atoms with Gasteiger partial charge in [-0.2, -0.15) is 0 Å². The van der Waals surface area contributed by atoms with E-state index in [9.17, 15) is 14.4 Å². The van der Waals surface area contributed by atoms with Crippen LogP contribution in [0.3, 0.4) is 0 Å². The van der Waals surface area contributed by atoms with E-state index in [4.69, 9.17) is 14.2 Å². The number of hydrogen-bond acceptors (Lipinski definition) is 10. The number of hydrogen-bond donors (Lipinski definition) is 0. The van der Waals surface area contributed by atoms with Crippen molar-refractivity contribution in [1.29, 1.82) is 0 Å². The second-order valence-electron chi connectivity index (χ2n) is 13.0. The van der Waals surface area contributed by atoms with Gasteiger partial charge >= 0.3 is 17.9 Å². The Morgan fingerprint density at radius 2 is 1.04 bits per heavy atom. The van der Waals surface area contributed by atoms with Crippen LogP contribution in [0.25, 0.3) is 0 Å². The lowest BCUT2D eigenvalue weighted by Gasteiger charge is -2.18. The van der Waals surface area contributed by atoms with Gasteiger partial charge in [0.25, 0.3) is 0 Å². The number of unbranched alkanes of at least 4 members (excludes halogenated alkanes) is 13. The molecule has 0 aliphatic carbocycles. The first-order valence-electron chi connectivity index (χ1n) is 18.8. The Labute approximate surface area is 302 Å². The summed E-state index contributed by atoms with van der Waals surface area (Å²) in [4.78, 5) is 37.4. The van der Waals surface area contributed by atoms with Crippen LogP contribution in [0.15, 0.2) is 12.2 Å². The highest BCUT2D eigenvalue weighted by Gasteiger charge is 2.21. The van der Waals surface area contributed by atoms with E-state index in [1.54, 1.807) is 0 Å². The van der Waals surface area contributed by atoms with Crippen LogP contribution in [-0.4, -0.2) is 59.2 Å². The van der Waals surface area contributed by atoms with Crippen molar-refractivity contribution < 1.29 is 28.6 Å². The molecule has 2 aliphatic rings. The van der Waals surface area contributed by atoms with Crippen LogP contribution in [0.4, 0.5) is 0 Å². The minimum absolute atomic E-state index is 0.0735. The number of esters is 3. The summed E-state index contributed by atoms with van der Waals surface area (Å²) in [6, 6.07) is 0. The Kier molecular flexibility index (Phi) is 27.6.